The van der Waals surface area contributed by atoms with Gasteiger partial charge >= 0.3 is 0 Å². The molecule has 1 aliphatic heterocycles. The van der Waals surface area contributed by atoms with E-state index in [0.29, 0.717) is 24.3 Å². The van der Waals surface area contributed by atoms with Crippen molar-refractivity contribution in [3.63, 3.8) is 0 Å². The van der Waals surface area contributed by atoms with Crippen molar-refractivity contribution < 1.29 is 13.9 Å². The van der Waals surface area contributed by atoms with Gasteiger partial charge in [0.25, 0.3) is 5.91 Å². The molecule has 1 fully saturated rings. The minimum absolute atomic E-state index is 0.0242. The second-order valence-electron chi connectivity index (χ2n) is 6.44. The monoisotopic (exact) mass is 352 g/mol. The number of furan rings is 1. The summed E-state index contributed by atoms with van der Waals surface area (Å²) in [5.41, 5.74) is 2.37. The van der Waals surface area contributed by atoms with Crippen molar-refractivity contribution in [3.05, 3.63) is 60.2 Å². The molecule has 0 saturated carbocycles. The molecular weight excluding hydrogens is 332 g/mol. The van der Waals surface area contributed by atoms with E-state index in [9.17, 15) is 4.79 Å². The molecule has 4 heterocycles. The highest BCUT2D eigenvalue weighted by Crippen LogP contribution is 2.34. The Balaban J connectivity index is 1.63. The van der Waals surface area contributed by atoms with Crippen LogP contribution in [0.5, 0.6) is 0 Å². The van der Waals surface area contributed by atoms with Crippen LogP contribution in [-0.2, 0) is 4.74 Å². The fourth-order valence-corrected chi connectivity index (χ4v) is 3.35. The van der Waals surface area contributed by atoms with Crippen LogP contribution in [0.25, 0.3) is 11.3 Å². The summed E-state index contributed by atoms with van der Waals surface area (Å²) in [5, 5.41) is 0. The summed E-state index contributed by atoms with van der Waals surface area (Å²) in [6.45, 7) is 2.34. The van der Waals surface area contributed by atoms with Gasteiger partial charge in [-0.25, -0.2) is 4.98 Å². The van der Waals surface area contributed by atoms with Crippen LogP contribution in [0.1, 0.15) is 34.4 Å². The molecule has 7 heteroatoms. The second-order valence-corrected chi connectivity index (χ2v) is 6.44. The molecule has 2 atom stereocenters. The maximum absolute atomic E-state index is 12.9. The Morgan fingerprint density at radius 1 is 1.42 bits per heavy atom. The van der Waals surface area contributed by atoms with Gasteiger partial charge < -0.3 is 19.0 Å². The molecule has 0 bridgehead atoms. The molecule has 1 amide bonds. The van der Waals surface area contributed by atoms with Gasteiger partial charge in [-0.2, -0.15) is 0 Å². The number of ether oxygens (including phenoxy) is 1. The lowest BCUT2D eigenvalue weighted by molar-refractivity contribution is 0.0684. The normalized spacial score (nSPS) is 19.8. The van der Waals surface area contributed by atoms with E-state index in [-0.39, 0.29) is 18.1 Å². The molecule has 3 aromatic rings. The van der Waals surface area contributed by atoms with Gasteiger partial charge in [-0.3, -0.25) is 9.78 Å². The Bertz CT molecular complexity index is 902. The number of aryl methyl sites for hydroxylation is 1. The Morgan fingerprint density at radius 3 is 3.00 bits per heavy atom. The number of likely N-dealkylation sites (tertiary alicyclic amines) is 1. The molecule has 0 spiro atoms. The highest BCUT2D eigenvalue weighted by molar-refractivity contribution is 5.94. The van der Waals surface area contributed by atoms with Gasteiger partial charge in [-0.15, -0.1) is 0 Å². The van der Waals surface area contributed by atoms with Gasteiger partial charge in [-0.05, 0) is 25.1 Å². The number of carbonyl (C=O) groups is 1. The van der Waals surface area contributed by atoms with E-state index < -0.39 is 0 Å². The number of aromatic nitrogens is 3. The number of nitrogens with zero attached hydrogens (tertiary/aromatic N) is 3. The first-order valence-electron chi connectivity index (χ1n) is 8.50. The van der Waals surface area contributed by atoms with Crippen molar-refractivity contribution in [2.24, 2.45) is 0 Å². The van der Waals surface area contributed by atoms with Crippen LogP contribution in [0.4, 0.5) is 0 Å². The summed E-state index contributed by atoms with van der Waals surface area (Å²) in [6, 6.07) is 5.42. The summed E-state index contributed by atoms with van der Waals surface area (Å²) >= 11 is 0. The number of hydrogen-bond acceptors (Lipinski definition) is 5. The highest BCUT2D eigenvalue weighted by atomic mass is 16.5. The van der Waals surface area contributed by atoms with Crippen LogP contribution in [0, 0.1) is 6.92 Å². The van der Waals surface area contributed by atoms with Crippen molar-refractivity contribution in [2.75, 3.05) is 13.7 Å². The molecule has 26 heavy (non-hydrogen) atoms. The number of aromatic amines is 1. The van der Waals surface area contributed by atoms with Gasteiger partial charge in [0, 0.05) is 38.0 Å². The van der Waals surface area contributed by atoms with Crippen LogP contribution >= 0.6 is 0 Å². The largest absolute Gasteiger partial charge is 0.469 e. The molecule has 1 saturated heterocycles. The van der Waals surface area contributed by atoms with Crippen molar-refractivity contribution in [2.45, 2.75) is 25.5 Å². The lowest BCUT2D eigenvalue weighted by Crippen LogP contribution is -2.32. The van der Waals surface area contributed by atoms with Crippen LogP contribution < -0.4 is 0 Å². The van der Waals surface area contributed by atoms with Crippen molar-refractivity contribution >= 4 is 5.91 Å². The van der Waals surface area contributed by atoms with Crippen molar-refractivity contribution in [3.8, 4) is 11.3 Å². The molecule has 0 unspecified atom stereocenters. The predicted octanol–water partition coefficient (Wildman–Crippen LogP) is 2.98. The second kappa shape index (κ2) is 6.76. The number of methoxy groups -OCH3 is 1. The summed E-state index contributed by atoms with van der Waals surface area (Å²) in [7, 11) is 1.67. The van der Waals surface area contributed by atoms with Gasteiger partial charge in [0.15, 0.2) is 0 Å². The number of pyridine rings is 1. The Morgan fingerprint density at radius 2 is 2.31 bits per heavy atom. The molecular formula is C19H20N4O3. The summed E-state index contributed by atoms with van der Waals surface area (Å²) in [6.07, 6.45) is 7.45. The average Bonchev–Trinajstić information content (AvgIpc) is 3.40. The predicted molar refractivity (Wildman–Crippen MR) is 94.5 cm³/mol. The van der Waals surface area contributed by atoms with Crippen LogP contribution in [0.2, 0.25) is 0 Å². The fraction of sp³-hybridized carbons (Fsp3) is 0.316. The number of carbonyl (C=O) groups excluding carboxylic acids is 1. The third-order valence-corrected chi connectivity index (χ3v) is 4.72. The van der Waals surface area contributed by atoms with E-state index in [4.69, 9.17) is 9.15 Å². The molecule has 1 N–H and O–H groups in total. The average molecular weight is 352 g/mol. The van der Waals surface area contributed by atoms with Crippen molar-refractivity contribution in [1.29, 1.82) is 0 Å². The SMILES string of the molecule is CO[C@@H]1C[C@@H](c2ncc(-c3cccnc3)[nH]2)N(C(=O)c2coc(C)c2)C1. The fourth-order valence-electron chi connectivity index (χ4n) is 3.35. The zero-order chi connectivity index (χ0) is 18.1. The van der Waals surface area contributed by atoms with E-state index in [1.807, 2.05) is 19.1 Å². The molecule has 134 valence electrons. The molecule has 0 radical (unpaired) electrons. The van der Waals surface area contributed by atoms with E-state index in [1.54, 1.807) is 36.7 Å². The number of rotatable bonds is 4. The quantitative estimate of drug-likeness (QED) is 0.780. The first kappa shape index (κ1) is 16.5. The summed E-state index contributed by atoms with van der Waals surface area (Å²) < 4.78 is 10.8. The number of imidazole rings is 1. The Hall–Kier alpha value is -2.93. The van der Waals surface area contributed by atoms with E-state index in [0.717, 1.165) is 17.1 Å². The van der Waals surface area contributed by atoms with Crippen molar-refractivity contribution in [1.82, 2.24) is 19.9 Å². The van der Waals surface area contributed by atoms with Crippen LogP contribution in [-0.4, -0.2) is 45.5 Å². The summed E-state index contributed by atoms with van der Waals surface area (Å²) in [4.78, 5) is 26.7. The molecule has 0 aromatic carbocycles. The Kier molecular flexibility index (Phi) is 4.30. The lowest BCUT2D eigenvalue weighted by Gasteiger charge is -2.22. The molecule has 3 aromatic heterocycles. The molecule has 4 rings (SSSR count). The minimum Gasteiger partial charge on any atom is -0.469 e. The number of amides is 1. The minimum atomic E-state index is -0.173. The first-order chi connectivity index (χ1) is 12.7. The van der Waals surface area contributed by atoms with Crippen LogP contribution in [0.15, 0.2) is 47.5 Å². The van der Waals surface area contributed by atoms with Crippen LogP contribution in [0.3, 0.4) is 0 Å². The highest BCUT2D eigenvalue weighted by Gasteiger charge is 2.38. The standard InChI is InChI=1S/C19H20N4O3/c1-12-6-14(11-26-12)19(24)23-10-15(25-2)7-17(23)18-21-9-16(22-18)13-4-3-5-20-8-13/h3-6,8-9,11,15,17H,7,10H2,1-2H3,(H,21,22)/t15-,17+/m1/s1. The Labute approximate surface area is 151 Å². The maximum atomic E-state index is 12.9. The molecule has 7 nitrogen and oxygen atoms in total. The number of nitrogens with one attached hydrogen (secondary N) is 1. The molecule has 1 aliphatic rings. The smallest absolute Gasteiger partial charge is 0.257 e. The summed E-state index contributed by atoms with van der Waals surface area (Å²) in [5.74, 6) is 1.38. The van der Waals surface area contributed by atoms with E-state index in [2.05, 4.69) is 15.0 Å². The van der Waals surface area contributed by atoms with Gasteiger partial charge in [0.2, 0.25) is 0 Å². The molecule has 0 aliphatic carbocycles. The maximum Gasteiger partial charge on any atom is 0.257 e. The van der Waals surface area contributed by atoms with Gasteiger partial charge in [0.1, 0.15) is 17.8 Å². The van der Waals surface area contributed by atoms with E-state index >= 15 is 0 Å². The number of hydrogen-bond donors (Lipinski definition) is 1. The lowest BCUT2D eigenvalue weighted by atomic mass is 10.1. The zero-order valence-corrected chi connectivity index (χ0v) is 14.7. The third-order valence-electron chi connectivity index (χ3n) is 4.72. The topological polar surface area (TPSA) is 84.3 Å². The third kappa shape index (κ3) is 3.01. The van der Waals surface area contributed by atoms with Gasteiger partial charge in [0.05, 0.1) is 29.6 Å². The zero-order valence-electron chi connectivity index (χ0n) is 14.7. The van der Waals surface area contributed by atoms with Gasteiger partial charge in [-0.1, -0.05) is 0 Å². The number of H-pyrrole nitrogens is 1. The first-order valence-corrected chi connectivity index (χ1v) is 8.50. The van der Waals surface area contributed by atoms with E-state index in [1.165, 1.54) is 6.26 Å².